The van der Waals surface area contributed by atoms with Gasteiger partial charge in [-0.2, -0.15) is 31.6 Å². The standard InChI is InChI=1S/C27H29N5O2.C2H3N.2CHF3O3S.Zn/c33-26-10-11-27(34)22(17-26)18-31(19-23-7-1-4-12-28-23)15-16-32(20-24-8-2-5-13-29-24)21-25-9-3-6-14-30-25;1-2-3;2*2-1(3,4)8(5,6)7;/h1-14,17,33-34H,15-16,18-21H2;1H3;2*(H,5,6,7);/q;;;;+2/p-2. The van der Waals surface area contributed by atoms with Crippen LogP contribution in [-0.2, 0) is 65.9 Å². The smallest absolute Gasteiger partial charge is 0.741 e. The molecular weight excluding hydrogens is 828 g/mol. The van der Waals surface area contributed by atoms with E-state index in [1.54, 1.807) is 18.3 Å². The summed E-state index contributed by atoms with van der Waals surface area (Å²) in [5.74, 6) is 0.306. The molecular formula is C31H32F6N6O8S2Zn. The summed E-state index contributed by atoms with van der Waals surface area (Å²) in [6, 6.07) is 24.1. The van der Waals surface area contributed by atoms with E-state index in [9.17, 15) is 36.6 Å². The van der Waals surface area contributed by atoms with E-state index >= 15 is 0 Å². The fourth-order valence-electron chi connectivity index (χ4n) is 3.81. The summed E-state index contributed by atoms with van der Waals surface area (Å²) in [5, 5.41) is 27.6. The van der Waals surface area contributed by atoms with E-state index in [1.165, 1.54) is 19.1 Å². The fourth-order valence-corrected chi connectivity index (χ4v) is 3.81. The molecule has 0 spiro atoms. The van der Waals surface area contributed by atoms with Gasteiger partial charge in [-0.25, -0.2) is 16.8 Å². The quantitative estimate of drug-likeness (QED) is 0.0691. The molecule has 0 saturated carbocycles. The van der Waals surface area contributed by atoms with Crippen LogP contribution < -0.4 is 0 Å². The number of hydrogen-bond donors (Lipinski definition) is 2. The third kappa shape index (κ3) is 20.2. The predicted octanol–water partition coefficient (Wildman–Crippen LogP) is 4.62. The van der Waals surface area contributed by atoms with Gasteiger partial charge < -0.3 is 19.3 Å². The molecule has 0 aliphatic heterocycles. The van der Waals surface area contributed by atoms with Crippen LogP contribution in [0.15, 0.2) is 91.4 Å². The van der Waals surface area contributed by atoms with Crippen molar-refractivity contribution in [2.45, 2.75) is 44.1 Å². The molecule has 3 heterocycles. The van der Waals surface area contributed by atoms with Crippen LogP contribution in [-0.4, -0.2) is 85.0 Å². The Hall–Kier alpha value is -4.30. The van der Waals surface area contributed by atoms with E-state index in [0.717, 1.165) is 30.2 Å². The van der Waals surface area contributed by atoms with Crippen molar-refractivity contribution in [1.82, 2.24) is 24.8 Å². The first-order valence-corrected chi connectivity index (χ1v) is 17.4. The van der Waals surface area contributed by atoms with Crippen molar-refractivity contribution in [1.29, 1.82) is 5.26 Å². The van der Waals surface area contributed by atoms with E-state index in [-0.39, 0.29) is 31.0 Å². The van der Waals surface area contributed by atoms with E-state index in [2.05, 4.69) is 24.8 Å². The number of phenolic OH excluding ortho intramolecular Hbond substituents is 2. The van der Waals surface area contributed by atoms with Gasteiger partial charge in [0.1, 0.15) is 11.5 Å². The van der Waals surface area contributed by atoms with Crippen LogP contribution in [0.4, 0.5) is 26.3 Å². The molecule has 0 radical (unpaired) electrons. The molecule has 54 heavy (non-hydrogen) atoms. The molecule has 0 fully saturated rings. The first kappa shape index (κ1) is 49.7. The van der Waals surface area contributed by atoms with Gasteiger partial charge in [0, 0.05) is 70.3 Å². The van der Waals surface area contributed by atoms with Crippen LogP contribution in [0.25, 0.3) is 0 Å². The average Bonchev–Trinajstić information content (AvgIpc) is 3.06. The summed E-state index contributed by atoms with van der Waals surface area (Å²) in [4.78, 5) is 18.0. The maximum atomic E-state index is 10.7. The molecule has 14 nitrogen and oxygen atoms in total. The van der Waals surface area contributed by atoms with Crippen molar-refractivity contribution in [2.75, 3.05) is 13.1 Å². The fraction of sp³-hybridized carbons (Fsp3) is 0.290. The molecule has 1 aromatic carbocycles. The Kier molecular flexibility index (Phi) is 21.6. The molecule has 0 unspecified atom stereocenters. The van der Waals surface area contributed by atoms with Gasteiger partial charge in [0.25, 0.3) is 0 Å². The molecule has 0 amide bonds. The second kappa shape index (κ2) is 23.5. The Morgan fingerprint density at radius 2 is 0.981 bits per heavy atom. The van der Waals surface area contributed by atoms with Gasteiger partial charge in [0.2, 0.25) is 0 Å². The van der Waals surface area contributed by atoms with Crippen LogP contribution in [0.1, 0.15) is 29.6 Å². The summed E-state index contributed by atoms with van der Waals surface area (Å²) in [7, 11) is -12.2. The number of aromatic nitrogens is 3. The van der Waals surface area contributed by atoms with Gasteiger partial charge in [0.15, 0.2) is 20.2 Å². The predicted molar refractivity (Wildman–Crippen MR) is 174 cm³/mol. The number of halogens is 6. The Balaban J connectivity index is 0.00000116. The molecule has 0 atom stereocenters. The molecule has 2 N–H and O–H groups in total. The largest absolute Gasteiger partial charge is 2.00 e. The van der Waals surface area contributed by atoms with Crippen molar-refractivity contribution in [3.8, 4) is 17.6 Å². The molecule has 4 rings (SSSR count). The summed E-state index contributed by atoms with van der Waals surface area (Å²) in [6.07, 6.45) is 5.41. The van der Waals surface area contributed by atoms with Gasteiger partial charge in [-0.1, -0.05) is 18.2 Å². The van der Waals surface area contributed by atoms with E-state index < -0.39 is 31.3 Å². The number of rotatable bonds is 11. The number of phenols is 2. The molecule has 0 aliphatic rings. The monoisotopic (exact) mass is 858 g/mol. The van der Waals surface area contributed by atoms with E-state index in [0.29, 0.717) is 31.7 Å². The Morgan fingerprint density at radius 3 is 1.26 bits per heavy atom. The maximum Gasteiger partial charge on any atom is 2.00 e. The topological polar surface area (TPSA) is 224 Å². The zero-order valence-electron chi connectivity index (χ0n) is 28.2. The number of benzene rings is 1. The van der Waals surface area contributed by atoms with Crippen LogP contribution in [0.2, 0.25) is 0 Å². The summed E-state index contributed by atoms with van der Waals surface area (Å²) in [6.45, 7) is 5.43. The Labute approximate surface area is 320 Å². The molecule has 4 aromatic rings. The summed E-state index contributed by atoms with van der Waals surface area (Å²) >= 11 is 0. The van der Waals surface area contributed by atoms with Crippen molar-refractivity contribution in [3.63, 3.8) is 0 Å². The minimum absolute atomic E-state index is 0. The molecule has 23 heteroatoms. The Morgan fingerprint density at radius 1 is 0.667 bits per heavy atom. The number of hydrogen-bond acceptors (Lipinski definition) is 14. The molecule has 3 aromatic heterocycles. The molecule has 0 bridgehead atoms. The van der Waals surface area contributed by atoms with Crippen molar-refractivity contribution in [2.24, 2.45) is 0 Å². The third-order valence-electron chi connectivity index (χ3n) is 6.09. The zero-order chi connectivity index (χ0) is 40.3. The number of aromatic hydroxyl groups is 2. The summed E-state index contributed by atoms with van der Waals surface area (Å²) < 4.78 is 118. The number of alkyl halides is 6. The number of nitrogens with zero attached hydrogens (tertiary/aromatic N) is 6. The Bertz CT molecular complexity index is 1850. The first-order chi connectivity index (χ1) is 24.6. The van der Waals surface area contributed by atoms with Crippen molar-refractivity contribution >= 4 is 20.2 Å². The van der Waals surface area contributed by atoms with Gasteiger partial charge in [-0.3, -0.25) is 24.8 Å². The first-order valence-electron chi connectivity index (χ1n) is 14.6. The number of nitriles is 1. The van der Waals surface area contributed by atoms with E-state index in [1.807, 2.05) is 67.0 Å². The molecule has 0 aliphatic carbocycles. The zero-order valence-corrected chi connectivity index (χ0v) is 32.8. The molecule has 290 valence electrons. The van der Waals surface area contributed by atoms with Crippen molar-refractivity contribution < 1.29 is 82.0 Å². The molecule has 0 saturated heterocycles. The second-order valence-electron chi connectivity index (χ2n) is 10.2. The van der Waals surface area contributed by atoms with Gasteiger partial charge in [-0.15, -0.1) is 0 Å². The van der Waals surface area contributed by atoms with Gasteiger partial charge >= 0.3 is 30.5 Å². The minimum Gasteiger partial charge on any atom is -0.741 e. The minimum atomic E-state index is -6.09. The van der Waals surface area contributed by atoms with Gasteiger partial charge in [0.05, 0.1) is 23.2 Å². The SMILES string of the molecule is CC#N.O=S(=O)([O-])C(F)(F)F.O=S(=O)([O-])C(F)(F)F.Oc1ccc(O)c(CN(CCN(Cc2ccccn2)Cc2ccccn2)Cc2ccccn2)c1.[Zn+2]. The second-order valence-corrected chi connectivity index (χ2v) is 13.0. The van der Waals surface area contributed by atoms with Crippen LogP contribution in [0, 0.1) is 11.3 Å². The van der Waals surface area contributed by atoms with Crippen LogP contribution in [0.5, 0.6) is 11.5 Å². The summed E-state index contributed by atoms with van der Waals surface area (Å²) in [5.41, 5.74) is -7.67. The number of pyridine rings is 3. The van der Waals surface area contributed by atoms with Crippen LogP contribution in [0.3, 0.4) is 0 Å². The average molecular weight is 860 g/mol. The van der Waals surface area contributed by atoms with Crippen molar-refractivity contribution in [3.05, 3.63) is 114 Å². The third-order valence-corrected chi connectivity index (χ3v) is 7.23. The van der Waals surface area contributed by atoms with E-state index in [4.69, 9.17) is 31.2 Å². The van der Waals surface area contributed by atoms with Gasteiger partial charge in [-0.05, 0) is 54.6 Å². The maximum absolute atomic E-state index is 10.7. The normalized spacial score (nSPS) is 11.4. The van der Waals surface area contributed by atoms with Crippen LogP contribution >= 0.6 is 0 Å².